The van der Waals surface area contributed by atoms with Crippen LogP contribution in [0.25, 0.3) is 0 Å². The number of carbonyl (C=O) groups excluding carboxylic acids is 2. The Bertz CT molecular complexity index is 724. The Kier molecular flexibility index (Phi) is 20.9. The summed E-state index contributed by atoms with van der Waals surface area (Å²) in [6, 6.07) is 0. The standard InChI is InChI=1S/C30H49F7O4/c1-3-4-5-6-7-8-9-10-11-12-13-14-15-16-17-18-19-20-21-22-23-24-25(26(38)40-2)41-27(39)28(31,32)29(33,34)30(35,36)37/h17-18,25H,3-16,19-24H2,1-2H3/b18-17-. The summed E-state index contributed by atoms with van der Waals surface area (Å²) in [6.07, 6.45) is 16.3. The number of allylic oxidation sites excluding steroid dienone is 2. The third kappa shape index (κ3) is 16.4. The molecule has 0 rings (SSSR count). The number of esters is 2. The normalized spacial score (nSPS) is 13.5. The van der Waals surface area contributed by atoms with Gasteiger partial charge in [-0.2, -0.15) is 30.7 Å². The van der Waals surface area contributed by atoms with Gasteiger partial charge in [-0.05, 0) is 38.5 Å². The van der Waals surface area contributed by atoms with Gasteiger partial charge in [0.05, 0.1) is 7.11 Å². The van der Waals surface area contributed by atoms with Gasteiger partial charge < -0.3 is 9.47 Å². The summed E-state index contributed by atoms with van der Waals surface area (Å²) in [5.41, 5.74) is 0. The second-order valence-corrected chi connectivity index (χ2v) is 10.6. The van der Waals surface area contributed by atoms with E-state index in [1.807, 2.05) is 0 Å². The lowest BCUT2D eigenvalue weighted by atomic mass is 10.0. The van der Waals surface area contributed by atoms with Gasteiger partial charge in [0.1, 0.15) is 0 Å². The molecule has 0 amide bonds. The first-order valence-corrected chi connectivity index (χ1v) is 15.1. The van der Waals surface area contributed by atoms with Crippen LogP contribution in [0.4, 0.5) is 30.7 Å². The van der Waals surface area contributed by atoms with Crippen LogP contribution >= 0.6 is 0 Å². The maximum absolute atomic E-state index is 13.5. The zero-order valence-corrected chi connectivity index (χ0v) is 24.7. The molecule has 41 heavy (non-hydrogen) atoms. The van der Waals surface area contributed by atoms with Gasteiger partial charge in [0, 0.05) is 0 Å². The summed E-state index contributed by atoms with van der Waals surface area (Å²) in [5.74, 6) is -17.3. The summed E-state index contributed by atoms with van der Waals surface area (Å²) in [5, 5.41) is 0. The van der Waals surface area contributed by atoms with Gasteiger partial charge in [-0.15, -0.1) is 0 Å². The molecule has 1 unspecified atom stereocenters. The Balaban J connectivity index is 3.98. The lowest BCUT2D eigenvalue weighted by Crippen LogP contribution is -2.57. The summed E-state index contributed by atoms with van der Waals surface area (Å²) < 4.78 is 98.3. The minimum atomic E-state index is -6.68. The van der Waals surface area contributed by atoms with Gasteiger partial charge in [-0.3, -0.25) is 0 Å². The third-order valence-corrected chi connectivity index (χ3v) is 6.95. The molecular formula is C30H49F7O4. The Labute approximate surface area is 240 Å². The average molecular weight is 607 g/mol. The van der Waals surface area contributed by atoms with Gasteiger partial charge in [0.2, 0.25) is 0 Å². The first-order valence-electron chi connectivity index (χ1n) is 15.1. The maximum atomic E-state index is 13.5. The van der Waals surface area contributed by atoms with Crippen LogP contribution < -0.4 is 0 Å². The van der Waals surface area contributed by atoms with E-state index in [2.05, 4.69) is 28.5 Å². The first-order chi connectivity index (χ1) is 19.3. The number of methoxy groups -OCH3 is 1. The number of hydrogen-bond donors (Lipinski definition) is 0. The molecule has 242 valence electrons. The Morgan fingerprint density at radius 3 is 1.41 bits per heavy atom. The molecule has 1 atom stereocenters. The molecule has 0 aromatic rings. The second kappa shape index (κ2) is 21.8. The summed E-state index contributed by atoms with van der Waals surface area (Å²) in [7, 11) is 0.843. The molecule has 4 nitrogen and oxygen atoms in total. The van der Waals surface area contributed by atoms with E-state index in [1.165, 1.54) is 77.0 Å². The summed E-state index contributed by atoms with van der Waals surface area (Å²) in [4.78, 5) is 23.1. The highest BCUT2D eigenvalue weighted by molar-refractivity contribution is 5.83. The zero-order valence-electron chi connectivity index (χ0n) is 24.7. The minimum absolute atomic E-state index is 0.191. The number of rotatable bonds is 25. The topological polar surface area (TPSA) is 52.6 Å². The molecule has 0 aromatic heterocycles. The van der Waals surface area contributed by atoms with E-state index in [-0.39, 0.29) is 12.8 Å². The lowest BCUT2D eigenvalue weighted by molar-refractivity contribution is -0.349. The highest BCUT2D eigenvalue weighted by Crippen LogP contribution is 2.47. The smallest absolute Gasteiger partial charge is 0.460 e. The monoisotopic (exact) mass is 606 g/mol. The zero-order chi connectivity index (χ0) is 31.2. The fraction of sp³-hybridized carbons (Fsp3) is 0.867. The van der Waals surface area contributed by atoms with Crippen molar-refractivity contribution in [3.63, 3.8) is 0 Å². The van der Waals surface area contributed by atoms with Gasteiger partial charge in [0.25, 0.3) is 0 Å². The van der Waals surface area contributed by atoms with Crippen molar-refractivity contribution in [1.29, 1.82) is 0 Å². The van der Waals surface area contributed by atoms with Crippen molar-refractivity contribution in [1.82, 2.24) is 0 Å². The number of hydrogen-bond acceptors (Lipinski definition) is 4. The molecule has 0 aliphatic rings. The molecule has 0 fully saturated rings. The van der Waals surface area contributed by atoms with Crippen LogP contribution in [0.15, 0.2) is 12.2 Å². The van der Waals surface area contributed by atoms with Crippen molar-refractivity contribution in [2.24, 2.45) is 0 Å². The number of ether oxygens (including phenoxy) is 2. The van der Waals surface area contributed by atoms with Gasteiger partial charge >= 0.3 is 30.0 Å². The highest BCUT2D eigenvalue weighted by Gasteiger charge is 2.77. The van der Waals surface area contributed by atoms with Gasteiger partial charge in [-0.1, -0.05) is 109 Å². The lowest BCUT2D eigenvalue weighted by Gasteiger charge is -2.27. The summed E-state index contributed by atoms with van der Waals surface area (Å²) >= 11 is 0. The third-order valence-electron chi connectivity index (χ3n) is 6.95. The van der Waals surface area contributed by atoms with Crippen LogP contribution in [0, 0.1) is 0 Å². The van der Waals surface area contributed by atoms with Crippen molar-refractivity contribution >= 4 is 11.9 Å². The van der Waals surface area contributed by atoms with E-state index in [9.17, 15) is 40.3 Å². The molecule has 0 radical (unpaired) electrons. The van der Waals surface area contributed by atoms with Crippen LogP contribution in [-0.2, 0) is 19.1 Å². The molecule has 0 spiro atoms. The molecule has 0 heterocycles. The Hall–Kier alpha value is -1.81. The molecule has 0 saturated heterocycles. The minimum Gasteiger partial charge on any atom is -0.466 e. The number of halogens is 7. The van der Waals surface area contributed by atoms with Gasteiger partial charge in [-0.25, -0.2) is 9.59 Å². The van der Waals surface area contributed by atoms with E-state index in [4.69, 9.17) is 0 Å². The molecule has 0 aliphatic heterocycles. The number of carbonyl (C=O) groups is 2. The molecule has 11 heteroatoms. The predicted octanol–water partition coefficient (Wildman–Crippen LogP) is 10.3. The van der Waals surface area contributed by atoms with Crippen molar-refractivity contribution in [3.8, 4) is 0 Å². The van der Waals surface area contributed by atoms with Crippen LogP contribution in [0.1, 0.15) is 135 Å². The number of alkyl halides is 7. The molecule has 0 N–H and O–H groups in total. The van der Waals surface area contributed by atoms with Crippen molar-refractivity contribution in [2.45, 2.75) is 159 Å². The molecule has 0 saturated carbocycles. The van der Waals surface area contributed by atoms with E-state index >= 15 is 0 Å². The second-order valence-electron chi connectivity index (χ2n) is 10.6. The Morgan fingerprint density at radius 1 is 0.634 bits per heavy atom. The van der Waals surface area contributed by atoms with E-state index in [0.717, 1.165) is 32.8 Å². The molecule has 0 bridgehead atoms. The van der Waals surface area contributed by atoms with Crippen molar-refractivity contribution < 1.29 is 49.8 Å². The Morgan fingerprint density at radius 2 is 1.02 bits per heavy atom. The molecular weight excluding hydrogens is 557 g/mol. The van der Waals surface area contributed by atoms with Crippen LogP contribution in [0.3, 0.4) is 0 Å². The summed E-state index contributed by atoms with van der Waals surface area (Å²) in [6.45, 7) is 2.23. The van der Waals surface area contributed by atoms with Crippen LogP contribution in [0.5, 0.6) is 0 Å². The largest absolute Gasteiger partial charge is 0.466 e. The van der Waals surface area contributed by atoms with E-state index in [1.54, 1.807) is 0 Å². The van der Waals surface area contributed by atoms with E-state index < -0.39 is 36.1 Å². The fourth-order valence-electron chi connectivity index (χ4n) is 4.33. The van der Waals surface area contributed by atoms with Crippen LogP contribution in [0.2, 0.25) is 0 Å². The van der Waals surface area contributed by atoms with Crippen molar-refractivity contribution in [2.75, 3.05) is 7.11 Å². The van der Waals surface area contributed by atoms with Crippen LogP contribution in [-0.4, -0.2) is 43.2 Å². The number of unbranched alkanes of at least 4 members (excludes halogenated alkanes) is 17. The maximum Gasteiger partial charge on any atom is 0.460 e. The fourth-order valence-corrected chi connectivity index (χ4v) is 4.33. The average Bonchev–Trinajstić information content (AvgIpc) is 2.91. The van der Waals surface area contributed by atoms with Crippen molar-refractivity contribution in [3.05, 3.63) is 12.2 Å². The highest BCUT2D eigenvalue weighted by atomic mass is 19.4. The SMILES string of the molecule is CCCCCCCCCCCCCCC/C=C\CCCCCCC(OC(=O)C(F)(F)C(F)(F)C(F)(F)F)C(=O)OC. The molecule has 0 aromatic carbocycles. The molecule has 0 aliphatic carbocycles. The predicted molar refractivity (Wildman–Crippen MR) is 145 cm³/mol. The van der Waals surface area contributed by atoms with E-state index in [0.29, 0.717) is 12.8 Å². The quantitative estimate of drug-likeness (QED) is 0.0449. The van der Waals surface area contributed by atoms with Gasteiger partial charge in [0.15, 0.2) is 6.10 Å². The first kappa shape index (κ1) is 39.2.